The second kappa shape index (κ2) is 7.76. The molecule has 3 aromatic rings. The lowest BCUT2D eigenvalue weighted by Gasteiger charge is -2.23. The van der Waals surface area contributed by atoms with E-state index in [1.807, 2.05) is 55.5 Å². The van der Waals surface area contributed by atoms with Crippen molar-refractivity contribution in [2.24, 2.45) is 0 Å². The Labute approximate surface area is 184 Å². The number of aromatic amines is 1. The fraction of sp³-hybridized carbons (Fsp3) is 0.240. The van der Waals surface area contributed by atoms with E-state index in [0.717, 1.165) is 22.4 Å². The normalized spacial score (nSPS) is 16.4. The van der Waals surface area contributed by atoms with Gasteiger partial charge in [-0.15, -0.1) is 0 Å². The van der Waals surface area contributed by atoms with Crippen LogP contribution in [0.15, 0.2) is 63.7 Å². The minimum absolute atomic E-state index is 0.149. The zero-order valence-electron chi connectivity index (χ0n) is 17.9. The Kier molecular flexibility index (Phi) is 4.90. The molecule has 1 atom stereocenters. The van der Waals surface area contributed by atoms with Crippen molar-refractivity contribution in [3.8, 4) is 0 Å². The number of nitrogens with zero attached hydrogens (tertiary/aromatic N) is 1. The maximum absolute atomic E-state index is 13.1. The molecule has 162 valence electrons. The van der Waals surface area contributed by atoms with Crippen LogP contribution in [0, 0.1) is 6.92 Å². The predicted octanol–water partition coefficient (Wildman–Crippen LogP) is 1.51. The number of fused-ring (bicyclic) bond motifs is 4. The number of allylic oxidation sites excluding steroid dienone is 1. The van der Waals surface area contributed by atoms with Gasteiger partial charge in [-0.2, -0.15) is 4.57 Å². The van der Waals surface area contributed by atoms with E-state index in [1.165, 1.54) is 0 Å². The maximum atomic E-state index is 13.1. The first kappa shape index (κ1) is 20.2. The zero-order chi connectivity index (χ0) is 22.4. The van der Waals surface area contributed by atoms with Gasteiger partial charge in [0.2, 0.25) is 0 Å². The largest absolute Gasteiger partial charge is 0.507 e. The Hall–Kier alpha value is -3.71. The third-order valence-electron chi connectivity index (χ3n) is 6.17. The smallest absolute Gasteiger partial charge is 0.415 e. The number of nitrogens with one attached hydrogen (secondary N) is 2. The van der Waals surface area contributed by atoms with Gasteiger partial charge in [0, 0.05) is 31.3 Å². The number of ether oxygens (including phenoxy) is 1. The Morgan fingerprint density at radius 3 is 2.53 bits per heavy atom. The van der Waals surface area contributed by atoms with Crippen LogP contribution in [0.25, 0.3) is 5.76 Å². The molecule has 2 heterocycles. The first-order chi connectivity index (χ1) is 15.5. The van der Waals surface area contributed by atoms with Crippen LogP contribution in [-0.4, -0.2) is 34.1 Å². The van der Waals surface area contributed by atoms with Crippen molar-refractivity contribution in [1.29, 1.82) is 0 Å². The molecule has 1 aromatic heterocycles. The van der Waals surface area contributed by atoms with Crippen LogP contribution < -0.4 is 16.2 Å². The van der Waals surface area contributed by atoms with Crippen molar-refractivity contribution in [2.75, 3.05) is 13.7 Å². The molecule has 0 saturated carbocycles. The van der Waals surface area contributed by atoms with Crippen LogP contribution in [0.4, 0.5) is 5.82 Å². The van der Waals surface area contributed by atoms with Gasteiger partial charge in [0.05, 0.1) is 18.0 Å². The van der Waals surface area contributed by atoms with Crippen molar-refractivity contribution >= 4 is 17.3 Å². The number of aliphatic hydroxyl groups excluding tert-OH is 1. The van der Waals surface area contributed by atoms with E-state index in [2.05, 4.69) is 9.98 Å². The Morgan fingerprint density at radius 2 is 1.81 bits per heavy atom. The van der Waals surface area contributed by atoms with Gasteiger partial charge >= 0.3 is 5.69 Å². The summed E-state index contributed by atoms with van der Waals surface area (Å²) in [5.41, 5.74) is 4.39. The summed E-state index contributed by atoms with van der Waals surface area (Å²) in [4.78, 5) is 31.7. The van der Waals surface area contributed by atoms with E-state index in [0.29, 0.717) is 42.1 Å². The van der Waals surface area contributed by atoms with Gasteiger partial charge in [0.25, 0.3) is 11.4 Å². The zero-order valence-corrected chi connectivity index (χ0v) is 17.9. The number of rotatable bonds is 5. The summed E-state index contributed by atoms with van der Waals surface area (Å²) in [5, 5.41) is 11.2. The highest BCUT2D eigenvalue weighted by Crippen LogP contribution is 2.43. The van der Waals surface area contributed by atoms with Gasteiger partial charge in [0.1, 0.15) is 17.0 Å². The molecule has 2 aliphatic rings. The summed E-state index contributed by atoms with van der Waals surface area (Å²) in [6.45, 7) is 2.88. The maximum Gasteiger partial charge on any atom is 0.415 e. The average Bonchev–Trinajstić information content (AvgIpc) is 3.07. The number of H-pyrrole nitrogens is 1. The van der Waals surface area contributed by atoms with Crippen molar-refractivity contribution in [3.63, 3.8) is 0 Å². The van der Waals surface area contributed by atoms with Crippen LogP contribution in [0.5, 0.6) is 0 Å². The molecular weight excluding hydrogens is 406 g/mol. The molecule has 3 N–H and O–H groups in total. The highest BCUT2D eigenvalue weighted by Gasteiger charge is 2.44. The Morgan fingerprint density at radius 1 is 1.09 bits per heavy atom. The number of aromatic nitrogens is 2. The molecule has 0 radical (unpaired) electrons. The quantitative estimate of drug-likeness (QED) is 0.535. The molecule has 7 heteroatoms. The summed E-state index contributed by atoms with van der Waals surface area (Å²) in [6, 6.07) is 15.5. The molecule has 0 spiro atoms. The Bertz CT molecular complexity index is 1390. The monoisotopic (exact) mass is 430 g/mol. The molecule has 5 rings (SSSR count). The fourth-order valence-electron chi connectivity index (χ4n) is 4.66. The lowest BCUT2D eigenvalue weighted by atomic mass is 9.81. The Balaban J connectivity index is 1.83. The molecule has 0 amide bonds. The van der Waals surface area contributed by atoms with Crippen molar-refractivity contribution in [3.05, 3.63) is 103 Å². The van der Waals surface area contributed by atoms with Crippen molar-refractivity contribution in [2.45, 2.75) is 25.8 Å². The molecule has 2 aromatic carbocycles. The summed E-state index contributed by atoms with van der Waals surface area (Å²) < 4.78 is 6.70. The van der Waals surface area contributed by atoms with E-state index >= 15 is 0 Å². The van der Waals surface area contributed by atoms with Crippen LogP contribution in [0.1, 0.15) is 40.2 Å². The standard InChI is InChI=1S/C25H23N3O4/c1-14-8-10-15(11-9-14)18-19-21(16-6-3-4-7-17(16)22(19)29)26-23-20(18)24(30)27-25(31)28(23)12-5-13-32-2/h3-4,6-11,18,29H,5,12-13H2,1-2H3,(H,27,30,31)/p+1. The van der Waals surface area contributed by atoms with Gasteiger partial charge in [-0.1, -0.05) is 48.0 Å². The molecule has 1 aliphatic heterocycles. The number of benzene rings is 2. The number of aryl methyl sites for hydroxylation is 1. The van der Waals surface area contributed by atoms with Crippen molar-refractivity contribution in [1.82, 2.24) is 9.55 Å². The molecular formula is C25H24N3O4+. The molecule has 0 saturated heterocycles. The van der Waals surface area contributed by atoms with E-state index in [1.54, 1.807) is 11.7 Å². The van der Waals surface area contributed by atoms with Crippen LogP contribution in [0.2, 0.25) is 0 Å². The van der Waals surface area contributed by atoms with Gasteiger partial charge in [0.15, 0.2) is 0 Å². The van der Waals surface area contributed by atoms with Gasteiger partial charge in [-0.05, 0) is 18.6 Å². The fourth-order valence-corrected chi connectivity index (χ4v) is 4.66. The third kappa shape index (κ3) is 3.05. The predicted molar refractivity (Wildman–Crippen MR) is 122 cm³/mol. The topological polar surface area (TPSA) is 98.3 Å². The summed E-state index contributed by atoms with van der Waals surface area (Å²) in [5.74, 6) is 0.0896. The van der Waals surface area contributed by atoms with E-state index < -0.39 is 17.2 Å². The second-order valence-corrected chi connectivity index (χ2v) is 8.17. The average molecular weight is 430 g/mol. The van der Waals surface area contributed by atoms with E-state index in [9.17, 15) is 14.7 Å². The highest BCUT2D eigenvalue weighted by molar-refractivity contribution is 6.21. The number of aliphatic hydroxyl groups is 1. The van der Waals surface area contributed by atoms with Gasteiger partial charge in [-0.3, -0.25) is 9.78 Å². The molecule has 7 nitrogen and oxygen atoms in total. The summed E-state index contributed by atoms with van der Waals surface area (Å²) >= 11 is 0. The molecule has 0 bridgehead atoms. The van der Waals surface area contributed by atoms with E-state index in [4.69, 9.17) is 4.74 Å². The van der Waals surface area contributed by atoms with Crippen molar-refractivity contribution < 1.29 is 14.8 Å². The molecule has 1 unspecified atom stereocenters. The lowest BCUT2D eigenvalue weighted by Crippen LogP contribution is -2.72. The molecule has 1 aliphatic carbocycles. The summed E-state index contributed by atoms with van der Waals surface area (Å²) in [6.07, 6.45) is 0.617. The highest BCUT2D eigenvalue weighted by atomic mass is 16.5. The summed E-state index contributed by atoms with van der Waals surface area (Å²) in [7, 11) is 1.61. The van der Waals surface area contributed by atoms with Gasteiger partial charge < -0.3 is 9.84 Å². The SMILES string of the molecule is COCCCn1c2c(c(=O)[nH]c1=O)C(c1ccc(C)cc1)C1=C(O)c3ccccc3C1=[NH+]2. The first-order valence-electron chi connectivity index (χ1n) is 10.6. The third-order valence-corrected chi connectivity index (χ3v) is 6.17. The number of hydrogen-bond acceptors (Lipinski definition) is 4. The van der Waals surface area contributed by atoms with Crippen LogP contribution >= 0.6 is 0 Å². The van der Waals surface area contributed by atoms with Crippen LogP contribution in [0.3, 0.4) is 0 Å². The lowest BCUT2D eigenvalue weighted by molar-refractivity contribution is -0.364. The number of methoxy groups -OCH3 is 1. The molecule has 0 fully saturated rings. The number of hydrogen-bond donors (Lipinski definition) is 3. The second-order valence-electron chi connectivity index (χ2n) is 8.17. The van der Waals surface area contributed by atoms with Crippen LogP contribution in [-0.2, 0) is 11.3 Å². The van der Waals surface area contributed by atoms with Gasteiger partial charge in [-0.25, -0.2) is 9.79 Å². The minimum atomic E-state index is -0.521. The van der Waals surface area contributed by atoms with E-state index in [-0.39, 0.29) is 5.76 Å². The first-order valence-corrected chi connectivity index (χ1v) is 10.6. The molecule has 32 heavy (non-hydrogen) atoms. The minimum Gasteiger partial charge on any atom is -0.507 e.